The Kier molecular flexibility index (Phi) is 5.60. The molecule has 0 saturated heterocycles. The quantitative estimate of drug-likeness (QED) is 0.649. The van der Waals surface area contributed by atoms with Crippen molar-refractivity contribution in [3.8, 4) is 11.3 Å². The minimum absolute atomic E-state index is 0.00305. The third kappa shape index (κ3) is 4.23. The second-order valence-electron chi connectivity index (χ2n) is 4.73. The number of hydrogen-bond acceptors (Lipinski definition) is 4. The molecule has 0 aliphatic heterocycles. The Morgan fingerprint density at radius 1 is 1.35 bits per heavy atom. The van der Waals surface area contributed by atoms with Crippen molar-refractivity contribution in [1.82, 2.24) is 5.32 Å². The molecule has 1 amide bonds. The van der Waals surface area contributed by atoms with Gasteiger partial charge in [0.15, 0.2) is 6.10 Å². The summed E-state index contributed by atoms with van der Waals surface area (Å²) in [7, 11) is 0. The predicted molar refractivity (Wildman–Crippen MR) is 87.2 cm³/mol. The average molecular weight is 334 g/mol. The summed E-state index contributed by atoms with van der Waals surface area (Å²) in [6, 6.07) is 10.2. The first-order valence-corrected chi connectivity index (χ1v) is 7.35. The highest BCUT2D eigenvalue weighted by Crippen LogP contribution is 2.29. The maximum atomic E-state index is 12.0. The number of halogens is 1. The first-order chi connectivity index (χ1) is 11.0. The Morgan fingerprint density at radius 3 is 2.78 bits per heavy atom. The SMILES string of the molecule is C=CCNC(=O)[C@@H](C)OC(=O)c1ccc(-c2ccccc2Cl)o1. The number of amides is 1. The van der Waals surface area contributed by atoms with Gasteiger partial charge in [0.2, 0.25) is 5.76 Å². The number of nitrogens with one attached hydrogen (secondary N) is 1. The molecule has 0 unspecified atom stereocenters. The molecular weight excluding hydrogens is 318 g/mol. The Labute approximate surface area is 138 Å². The van der Waals surface area contributed by atoms with E-state index in [0.717, 1.165) is 0 Å². The van der Waals surface area contributed by atoms with Gasteiger partial charge in [-0.3, -0.25) is 4.79 Å². The molecule has 2 aromatic rings. The van der Waals surface area contributed by atoms with E-state index in [1.807, 2.05) is 6.07 Å². The molecule has 1 atom stereocenters. The van der Waals surface area contributed by atoms with Crippen LogP contribution >= 0.6 is 11.6 Å². The summed E-state index contributed by atoms with van der Waals surface area (Å²) in [5.41, 5.74) is 0.671. The number of carbonyl (C=O) groups is 2. The van der Waals surface area contributed by atoms with Gasteiger partial charge in [0.25, 0.3) is 5.91 Å². The first-order valence-electron chi connectivity index (χ1n) is 6.97. The summed E-state index contributed by atoms with van der Waals surface area (Å²) >= 11 is 6.08. The summed E-state index contributed by atoms with van der Waals surface area (Å²) in [5.74, 6) is -0.671. The summed E-state index contributed by atoms with van der Waals surface area (Å²) in [5, 5.41) is 3.06. The topological polar surface area (TPSA) is 68.5 Å². The molecule has 1 heterocycles. The van der Waals surface area contributed by atoms with Crippen LogP contribution in [0.15, 0.2) is 53.5 Å². The molecule has 2 rings (SSSR count). The van der Waals surface area contributed by atoms with Crippen LogP contribution in [0.4, 0.5) is 0 Å². The van der Waals surface area contributed by atoms with Gasteiger partial charge in [-0.1, -0.05) is 29.8 Å². The fourth-order valence-corrected chi connectivity index (χ4v) is 2.07. The second-order valence-corrected chi connectivity index (χ2v) is 5.13. The molecule has 0 aliphatic rings. The minimum atomic E-state index is -0.934. The van der Waals surface area contributed by atoms with Crippen molar-refractivity contribution in [3.05, 3.63) is 59.8 Å². The van der Waals surface area contributed by atoms with E-state index in [2.05, 4.69) is 11.9 Å². The molecule has 1 N–H and O–H groups in total. The van der Waals surface area contributed by atoms with Gasteiger partial charge in [-0.2, -0.15) is 0 Å². The number of furan rings is 1. The van der Waals surface area contributed by atoms with Crippen molar-refractivity contribution in [2.45, 2.75) is 13.0 Å². The van der Waals surface area contributed by atoms with Gasteiger partial charge in [-0.25, -0.2) is 4.79 Å². The largest absolute Gasteiger partial charge is 0.449 e. The van der Waals surface area contributed by atoms with Crippen LogP contribution in [-0.4, -0.2) is 24.5 Å². The van der Waals surface area contributed by atoms with Crippen LogP contribution in [0.1, 0.15) is 17.5 Å². The van der Waals surface area contributed by atoms with Crippen LogP contribution in [0, 0.1) is 0 Å². The third-order valence-corrected chi connectivity index (χ3v) is 3.35. The molecule has 0 spiro atoms. The molecule has 120 valence electrons. The highest BCUT2D eigenvalue weighted by molar-refractivity contribution is 6.33. The lowest BCUT2D eigenvalue weighted by Crippen LogP contribution is -2.35. The predicted octanol–water partition coefficient (Wildman–Crippen LogP) is 3.45. The molecule has 6 heteroatoms. The van der Waals surface area contributed by atoms with Crippen molar-refractivity contribution in [1.29, 1.82) is 0 Å². The van der Waals surface area contributed by atoms with Crippen molar-refractivity contribution in [2.24, 2.45) is 0 Å². The molecule has 0 bridgehead atoms. The lowest BCUT2D eigenvalue weighted by molar-refractivity contribution is -0.128. The molecule has 0 aliphatic carbocycles. The molecule has 0 radical (unpaired) electrons. The van der Waals surface area contributed by atoms with Crippen LogP contribution in [0.3, 0.4) is 0 Å². The van der Waals surface area contributed by atoms with E-state index in [0.29, 0.717) is 22.9 Å². The highest BCUT2D eigenvalue weighted by atomic mass is 35.5. The number of rotatable bonds is 6. The van der Waals surface area contributed by atoms with Gasteiger partial charge in [0.1, 0.15) is 5.76 Å². The maximum absolute atomic E-state index is 12.0. The molecule has 0 fully saturated rings. The number of esters is 1. The third-order valence-electron chi connectivity index (χ3n) is 3.02. The van der Waals surface area contributed by atoms with Crippen molar-refractivity contribution < 1.29 is 18.7 Å². The zero-order valence-corrected chi connectivity index (χ0v) is 13.3. The lowest BCUT2D eigenvalue weighted by Gasteiger charge is -2.11. The van der Waals surface area contributed by atoms with Gasteiger partial charge >= 0.3 is 5.97 Å². The summed E-state index contributed by atoms with van der Waals surface area (Å²) in [4.78, 5) is 23.7. The Morgan fingerprint density at radius 2 is 2.09 bits per heavy atom. The Balaban J connectivity index is 2.05. The second kappa shape index (κ2) is 7.65. The number of benzene rings is 1. The molecule has 5 nitrogen and oxygen atoms in total. The van der Waals surface area contributed by atoms with Gasteiger partial charge < -0.3 is 14.5 Å². The molecule has 1 aromatic heterocycles. The zero-order valence-electron chi connectivity index (χ0n) is 12.5. The molecule has 23 heavy (non-hydrogen) atoms. The molecule has 0 saturated carbocycles. The van der Waals surface area contributed by atoms with Crippen molar-refractivity contribution >= 4 is 23.5 Å². The fraction of sp³-hybridized carbons (Fsp3) is 0.176. The van der Waals surface area contributed by atoms with Gasteiger partial charge in [0, 0.05) is 12.1 Å². The van der Waals surface area contributed by atoms with Crippen LogP contribution in [0.25, 0.3) is 11.3 Å². The van der Waals surface area contributed by atoms with Crippen LogP contribution in [-0.2, 0) is 9.53 Å². The highest BCUT2D eigenvalue weighted by Gasteiger charge is 2.21. The molecular formula is C17H16ClNO4. The maximum Gasteiger partial charge on any atom is 0.375 e. The van der Waals surface area contributed by atoms with E-state index >= 15 is 0 Å². The number of ether oxygens (including phenoxy) is 1. The van der Waals surface area contributed by atoms with E-state index in [4.69, 9.17) is 20.8 Å². The van der Waals surface area contributed by atoms with Crippen LogP contribution in [0.5, 0.6) is 0 Å². The number of hydrogen-bond donors (Lipinski definition) is 1. The standard InChI is InChI=1S/C17H16ClNO4/c1-3-10-19-16(20)11(2)22-17(21)15-9-8-14(23-15)12-6-4-5-7-13(12)18/h3-9,11H,1,10H2,2H3,(H,19,20)/t11-/m1/s1. The fourth-order valence-electron chi connectivity index (χ4n) is 1.84. The average Bonchev–Trinajstić information content (AvgIpc) is 3.02. The van der Waals surface area contributed by atoms with Gasteiger partial charge in [0.05, 0.1) is 5.02 Å². The van der Waals surface area contributed by atoms with E-state index in [-0.39, 0.29) is 5.76 Å². The van der Waals surface area contributed by atoms with Crippen LogP contribution in [0.2, 0.25) is 5.02 Å². The Hall–Kier alpha value is -2.53. The van der Waals surface area contributed by atoms with Gasteiger partial charge in [-0.05, 0) is 31.2 Å². The van der Waals surface area contributed by atoms with Gasteiger partial charge in [-0.15, -0.1) is 6.58 Å². The monoisotopic (exact) mass is 333 g/mol. The Bertz CT molecular complexity index is 723. The van der Waals surface area contributed by atoms with Crippen molar-refractivity contribution in [2.75, 3.05) is 6.54 Å². The lowest BCUT2D eigenvalue weighted by atomic mass is 10.2. The summed E-state index contributed by atoms with van der Waals surface area (Å²) in [6.07, 6.45) is 0.603. The number of carbonyl (C=O) groups excluding carboxylic acids is 2. The molecule has 1 aromatic carbocycles. The van der Waals surface area contributed by atoms with E-state index in [1.165, 1.54) is 19.1 Å². The summed E-state index contributed by atoms with van der Waals surface area (Å²) < 4.78 is 10.5. The summed E-state index contributed by atoms with van der Waals surface area (Å²) in [6.45, 7) is 5.27. The minimum Gasteiger partial charge on any atom is -0.449 e. The zero-order chi connectivity index (χ0) is 16.8. The van der Waals surface area contributed by atoms with E-state index in [1.54, 1.807) is 24.3 Å². The van der Waals surface area contributed by atoms with Crippen LogP contribution < -0.4 is 5.32 Å². The first kappa shape index (κ1) is 16.8. The van der Waals surface area contributed by atoms with E-state index < -0.39 is 18.0 Å². The van der Waals surface area contributed by atoms with Crippen molar-refractivity contribution in [3.63, 3.8) is 0 Å². The van der Waals surface area contributed by atoms with E-state index in [9.17, 15) is 9.59 Å². The normalized spacial score (nSPS) is 11.6. The smallest absolute Gasteiger partial charge is 0.375 e.